The number of phenols is 1. The molecule has 1 heterocycles. The van der Waals surface area contributed by atoms with E-state index in [0.29, 0.717) is 17.8 Å². The molecule has 1 N–H and O–H groups in total. The fourth-order valence-corrected chi connectivity index (χ4v) is 2.90. The number of rotatable bonds is 5. The zero-order chi connectivity index (χ0) is 17.1. The molecule has 1 saturated heterocycles. The van der Waals surface area contributed by atoms with Crippen LogP contribution in [0.3, 0.4) is 0 Å². The number of hydrogen-bond donors (Lipinski definition) is 1. The van der Waals surface area contributed by atoms with E-state index in [1.54, 1.807) is 24.3 Å². The molecule has 2 aromatic rings. The number of hydrogen-bond acceptors (Lipinski definition) is 3. The maximum atomic E-state index is 12.9. The summed E-state index contributed by atoms with van der Waals surface area (Å²) in [5.74, 6) is -0.958. The second-order valence-electron chi connectivity index (χ2n) is 5.85. The van der Waals surface area contributed by atoms with Gasteiger partial charge in [-0.25, -0.2) is 10.0 Å². The molecule has 126 valence electrons. The van der Waals surface area contributed by atoms with Crippen molar-refractivity contribution in [1.29, 1.82) is 0 Å². The molecule has 0 spiro atoms. The first kappa shape index (κ1) is 19.5. The van der Waals surface area contributed by atoms with Gasteiger partial charge in [0.1, 0.15) is 11.7 Å². The number of unbranched alkanes of at least 4 members (excludes halogenated alkanes) is 1. The van der Waals surface area contributed by atoms with Crippen LogP contribution in [-0.2, 0) is 9.59 Å². The van der Waals surface area contributed by atoms with Crippen molar-refractivity contribution >= 4 is 52.7 Å². The molecule has 2 aromatic carbocycles. The molecule has 0 aliphatic carbocycles. The zero-order valence-electron chi connectivity index (χ0n) is 13.6. The Hall–Kier alpha value is -1.82. The van der Waals surface area contributed by atoms with Crippen LogP contribution >= 0.6 is 0 Å². The molecule has 0 unspecified atom stereocenters. The van der Waals surface area contributed by atoms with Crippen molar-refractivity contribution in [3.8, 4) is 5.75 Å². The number of hydrazine groups is 1. The number of carbonyl (C=O) groups is 2. The van der Waals surface area contributed by atoms with Crippen molar-refractivity contribution in [3.63, 3.8) is 0 Å². The summed E-state index contributed by atoms with van der Waals surface area (Å²) in [4.78, 5) is 25.8. The van der Waals surface area contributed by atoms with Gasteiger partial charge in [0.15, 0.2) is 0 Å². The fraction of sp³-hybridized carbons (Fsp3) is 0.263. The van der Waals surface area contributed by atoms with Gasteiger partial charge in [0, 0.05) is 0 Å². The summed E-state index contributed by atoms with van der Waals surface area (Å²) in [6, 6.07) is 15.4. The average molecular weight is 348 g/mol. The van der Waals surface area contributed by atoms with Crippen LogP contribution in [0.15, 0.2) is 54.6 Å². The molecule has 1 aliphatic heterocycles. The van der Waals surface area contributed by atoms with Crippen LogP contribution in [0.4, 0.5) is 11.4 Å². The zero-order valence-corrected chi connectivity index (χ0v) is 13.6. The number of para-hydroxylation sites is 1. The van der Waals surface area contributed by atoms with Gasteiger partial charge >= 0.3 is 29.6 Å². The molecule has 2 amide bonds. The van der Waals surface area contributed by atoms with E-state index in [1.807, 2.05) is 25.1 Å². The van der Waals surface area contributed by atoms with Crippen molar-refractivity contribution < 1.29 is 14.7 Å². The van der Waals surface area contributed by atoms with E-state index >= 15 is 0 Å². The normalized spacial score (nSPS) is 16.9. The third-order valence-electron chi connectivity index (χ3n) is 4.16. The SMILES string of the molecule is CCCC[C@@H]1C(=O)N(c2ccccc2)N(c2ccc(O)cc2)C1=O.[NaH]. The summed E-state index contributed by atoms with van der Waals surface area (Å²) in [7, 11) is 0. The summed E-state index contributed by atoms with van der Waals surface area (Å²) in [6.07, 6.45) is 2.31. The average Bonchev–Trinajstić information content (AvgIpc) is 2.85. The van der Waals surface area contributed by atoms with Crippen molar-refractivity contribution in [2.24, 2.45) is 5.92 Å². The van der Waals surface area contributed by atoms with Gasteiger partial charge in [-0.15, -0.1) is 0 Å². The fourth-order valence-electron chi connectivity index (χ4n) is 2.90. The van der Waals surface area contributed by atoms with E-state index in [-0.39, 0.29) is 47.1 Å². The van der Waals surface area contributed by atoms with E-state index in [0.717, 1.165) is 12.8 Å². The van der Waals surface area contributed by atoms with Crippen molar-refractivity contribution in [2.75, 3.05) is 10.0 Å². The number of phenolic OH excluding ortho intramolecular Hbond substituents is 1. The van der Waals surface area contributed by atoms with Gasteiger partial charge in [-0.1, -0.05) is 38.0 Å². The third kappa shape index (κ3) is 3.89. The number of nitrogens with zero attached hydrogens (tertiary/aromatic N) is 2. The van der Waals surface area contributed by atoms with E-state index in [2.05, 4.69) is 0 Å². The Morgan fingerprint density at radius 3 is 1.92 bits per heavy atom. The van der Waals surface area contributed by atoms with Crippen LogP contribution in [0.2, 0.25) is 0 Å². The number of aromatic hydroxyl groups is 1. The Balaban J connectivity index is 0.00000225. The Kier molecular flexibility index (Phi) is 6.64. The van der Waals surface area contributed by atoms with E-state index in [4.69, 9.17) is 0 Å². The molecule has 0 bridgehead atoms. The molecule has 6 heteroatoms. The van der Waals surface area contributed by atoms with Crippen LogP contribution in [0.1, 0.15) is 26.2 Å². The minimum absolute atomic E-state index is 0. The molecule has 0 saturated carbocycles. The molecule has 25 heavy (non-hydrogen) atoms. The summed E-state index contributed by atoms with van der Waals surface area (Å²) in [5, 5.41) is 12.3. The van der Waals surface area contributed by atoms with Crippen LogP contribution in [0.5, 0.6) is 5.75 Å². The van der Waals surface area contributed by atoms with Crippen molar-refractivity contribution in [1.82, 2.24) is 0 Å². The molecule has 0 aromatic heterocycles. The molecule has 0 radical (unpaired) electrons. The van der Waals surface area contributed by atoms with Crippen LogP contribution in [0, 0.1) is 5.92 Å². The maximum absolute atomic E-state index is 12.9. The molecule has 1 aliphatic rings. The molecular weight excluding hydrogens is 327 g/mol. The molecule has 1 fully saturated rings. The molecule has 5 nitrogen and oxygen atoms in total. The number of carbonyl (C=O) groups excluding carboxylic acids is 2. The summed E-state index contributed by atoms with van der Waals surface area (Å²) >= 11 is 0. The first-order chi connectivity index (χ1) is 11.6. The van der Waals surface area contributed by atoms with Gasteiger partial charge in [-0.2, -0.15) is 0 Å². The van der Waals surface area contributed by atoms with Crippen LogP contribution in [0.25, 0.3) is 0 Å². The van der Waals surface area contributed by atoms with Gasteiger partial charge in [0.05, 0.1) is 11.4 Å². The Morgan fingerprint density at radius 2 is 1.40 bits per heavy atom. The summed E-state index contributed by atoms with van der Waals surface area (Å²) in [6.45, 7) is 2.04. The first-order valence-electron chi connectivity index (χ1n) is 8.15. The quantitative estimate of drug-likeness (QED) is 0.668. The Morgan fingerprint density at radius 1 is 0.880 bits per heavy atom. The first-order valence-corrected chi connectivity index (χ1v) is 8.15. The second kappa shape index (κ2) is 8.52. The van der Waals surface area contributed by atoms with Crippen LogP contribution < -0.4 is 10.0 Å². The van der Waals surface area contributed by atoms with Gasteiger partial charge < -0.3 is 5.11 Å². The number of benzene rings is 2. The van der Waals surface area contributed by atoms with E-state index in [9.17, 15) is 14.7 Å². The standard InChI is InChI=1S/C19H20N2O3.Na.H/c1-2-3-9-17-18(23)20(14-7-5-4-6-8-14)21(19(17)24)15-10-12-16(22)13-11-15;;/h4-8,10-13,17,22H,2-3,9H2,1H3;;/t17-;;/m1../s1. The molecule has 3 rings (SSSR count). The predicted octanol–water partition coefficient (Wildman–Crippen LogP) is 2.84. The monoisotopic (exact) mass is 348 g/mol. The second-order valence-corrected chi connectivity index (χ2v) is 5.85. The number of amides is 2. The Bertz CT molecular complexity index is 734. The summed E-state index contributed by atoms with van der Waals surface area (Å²) in [5.41, 5.74) is 1.22. The molecule has 1 atom stereocenters. The van der Waals surface area contributed by atoms with Gasteiger partial charge in [-0.05, 0) is 42.8 Å². The number of anilines is 2. The van der Waals surface area contributed by atoms with E-state index in [1.165, 1.54) is 22.2 Å². The van der Waals surface area contributed by atoms with Crippen molar-refractivity contribution in [2.45, 2.75) is 26.2 Å². The van der Waals surface area contributed by atoms with Gasteiger partial charge in [-0.3, -0.25) is 9.59 Å². The molecular formula is C19H21N2NaO3. The van der Waals surface area contributed by atoms with Gasteiger partial charge in [0.25, 0.3) is 11.8 Å². The van der Waals surface area contributed by atoms with E-state index < -0.39 is 5.92 Å². The predicted molar refractivity (Wildman–Crippen MR) is 99.7 cm³/mol. The third-order valence-corrected chi connectivity index (χ3v) is 4.16. The van der Waals surface area contributed by atoms with Crippen molar-refractivity contribution in [3.05, 3.63) is 54.6 Å². The minimum atomic E-state index is -0.654. The van der Waals surface area contributed by atoms with Gasteiger partial charge in [0.2, 0.25) is 0 Å². The Labute approximate surface area is 169 Å². The van der Waals surface area contributed by atoms with Crippen LogP contribution in [-0.4, -0.2) is 46.5 Å². The summed E-state index contributed by atoms with van der Waals surface area (Å²) < 4.78 is 0. The topological polar surface area (TPSA) is 60.9 Å².